The molecule has 0 bridgehead atoms. The van der Waals surface area contributed by atoms with Gasteiger partial charge in [-0.3, -0.25) is 4.79 Å². The fourth-order valence-electron chi connectivity index (χ4n) is 2.56. The molecule has 16 heavy (non-hydrogen) atoms. The Morgan fingerprint density at radius 1 is 1.44 bits per heavy atom. The molecule has 4 heteroatoms. The molecule has 0 aliphatic carbocycles. The van der Waals surface area contributed by atoms with Gasteiger partial charge in [-0.2, -0.15) is 0 Å². The van der Waals surface area contributed by atoms with Gasteiger partial charge in [0.2, 0.25) is 0 Å². The fourth-order valence-corrected chi connectivity index (χ4v) is 2.75. The van der Waals surface area contributed by atoms with E-state index < -0.39 is 0 Å². The summed E-state index contributed by atoms with van der Waals surface area (Å²) in [5.74, 6) is 0.157. The zero-order chi connectivity index (χ0) is 11.1. The first-order valence-electron chi connectivity index (χ1n) is 5.56. The van der Waals surface area contributed by atoms with Crippen molar-refractivity contribution in [1.82, 2.24) is 10.2 Å². The molecule has 1 fully saturated rings. The molecule has 1 amide bonds. The Hall–Kier alpha value is -1.06. The largest absolute Gasteiger partial charge is 0.333 e. The van der Waals surface area contributed by atoms with Crippen molar-refractivity contribution in [2.45, 2.75) is 12.5 Å². The maximum absolute atomic E-state index is 12.2. The Labute approximate surface area is 99.4 Å². The minimum Gasteiger partial charge on any atom is -0.333 e. The van der Waals surface area contributed by atoms with Crippen LogP contribution >= 0.6 is 11.6 Å². The average molecular weight is 237 g/mol. The summed E-state index contributed by atoms with van der Waals surface area (Å²) in [6, 6.07) is 5.85. The van der Waals surface area contributed by atoms with Crippen molar-refractivity contribution in [2.24, 2.45) is 0 Å². The van der Waals surface area contributed by atoms with E-state index in [-0.39, 0.29) is 5.91 Å². The number of hydrogen-bond donors (Lipinski definition) is 1. The molecular formula is C12H13ClN2O. The van der Waals surface area contributed by atoms with Gasteiger partial charge in [0.15, 0.2) is 0 Å². The van der Waals surface area contributed by atoms with Gasteiger partial charge in [-0.25, -0.2) is 0 Å². The van der Waals surface area contributed by atoms with E-state index in [0.29, 0.717) is 11.1 Å². The van der Waals surface area contributed by atoms with Crippen LogP contribution in [0.4, 0.5) is 0 Å². The molecule has 2 aliphatic rings. The number of amides is 1. The normalized spacial score (nSPS) is 23.9. The third kappa shape index (κ3) is 1.51. The highest BCUT2D eigenvalue weighted by Gasteiger charge is 2.33. The van der Waals surface area contributed by atoms with E-state index in [1.54, 1.807) is 6.07 Å². The maximum Gasteiger partial charge on any atom is 0.254 e. The lowest BCUT2D eigenvalue weighted by Gasteiger charge is -2.40. The summed E-state index contributed by atoms with van der Waals surface area (Å²) in [7, 11) is 0. The van der Waals surface area contributed by atoms with Crippen LogP contribution in [0.25, 0.3) is 0 Å². The number of nitrogens with one attached hydrogen (secondary N) is 1. The van der Waals surface area contributed by atoms with Gasteiger partial charge >= 0.3 is 0 Å². The third-order valence-corrected chi connectivity index (χ3v) is 3.60. The van der Waals surface area contributed by atoms with Gasteiger partial charge in [-0.1, -0.05) is 11.6 Å². The van der Waals surface area contributed by atoms with Crippen LogP contribution in [-0.4, -0.2) is 36.5 Å². The van der Waals surface area contributed by atoms with E-state index in [1.165, 1.54) is 0 Å². The van der Waals surface area contributed by atoms with Crippen LogP contribution in [0.15, 0.2) is 18.2 Å². The predicted molar refractivity (Wildman–Crippen MR) is 62.9 cm³/mol. The molecule has 1 unspecified atom stereocenters. The monoisotopic (exact) mass is 236 g/mol. The lowest BCUT2D eigenvalue weighted by molar-refractivity contribution is 0.0606. The van der Waals surface area contributed by atoms with Crippen LogP contribution in [0, 0.1) is 0 Å². The highest BCUT2D eigenvalue weighted by Crippen LogP contribution is 2.26. The number of nitrogens with zero attached hydrogens (tertiary/aromatic N) is 1. The Bertz CT molecular complexity index is 447. The number of hydrogen-bond acceptors (Lipinski definition) is 2. The SMILES string of the molecule is O=C1c2ccc(Cl)cc2CC2CNCCN12. The smallest absolute Gasteiger partial charge is 0.254 e. The van der Waals surface area contributed by atoms with Gasteiger partial charge in [-0.15, -0.1) is 0 Å². The molecule has 1 saturated heterocycles. The number of carbonyl (C=O) groups excluding carboxylic acids is 1. The first kappa shape index (κ1) is 10.1. The van der Waals surface area contributed by atoms with Crippen LogP contribution in [0.5, 0.6) is 0 Å². The second-order valence-electron chi connectivity index (χ2n) is 4.36. The van der Waals surface area contributed by atoms with Gasteiger partial charge in [-0.05, 0) is 30.2 Å². The van der Waals surface area contributed by atoms with Crippen molar-refractivity contribution in [3.8, 4) is 0 Å². The lowest BCUT2D eigenvalue weighted by atomic mass is 9.92. The number of carbonyl (C=O) groups is 1. The van der Waals surface area contributed by atoms with Crippen LogP contribution in [0.3, 0.4) is 0 Å². The molecular weight excluding hydrogens is 224 g/mol. The summed E-state index contributed by atoms with van der Waals surface area (Å²) in [6.07, 6.45) is 0.911. The van der Waals surface area contributed by atoms with Crippen molar-refractivity contribution in [3.63, 3.8) is 0 Å². The van der Waals surface area contributed by atoms with Crippen LogP contribution < -0.4 is 5.32 Å². The topological polar surface area (TPSA) is 32.3 Å². The van der Waals surface area contributed by atoms with Gasteiger partial charge in [0.1, 0.15) is 0 Å². The quantitative estimate of drug-likeness (QED) is 0.737. The molecule has 0 saturated carbocycles. The summed E-state index contributed by atoms with van der Waals surface area (Å²) in [4.78, 5) is 14.2. The molecule has 3 nitrogen and oxygen atoms in total. The summed E-state index contributed by atoms with van der Waals surface area (Å²) >= 11 is 5.96. The standard InChI is InChI=1S/C12H13ClN2O/c13-9-1-2-11-8(5-9)6-10-7-14-3-4-15(10)12(11)16/h1-2,5,10,14H,3-4,6-7H2. The second kappa shape index (κ2) is 3.75. The van der Waals surface area contributed by atoms with Crippen molar-refractivity contribution >= 4 is 17.5 Å². The van der Waals surface area contributed by atoms with Crippen LogP contribution in [-0.2, 0) is 6.42 Å². The molecule has 1 N–H and O–H groups in total. The molecule has 3 rings (SSSR count). The number of halogens is 1. The van der Waals surface area contributed by atoms with Crippen LogP contribution in [0.1, 0.15) is 15.9 Å². The van der Waals surface area contributed by atoms with Crippen molar-refractivity contribution < 1.29 is 4.79 Å². The van der Waals surface area contributed by atoms with E-state index in [9.17, 15) is 4.79 Å². The maximum atomic E-state index is 12.2. The minimum atomic E-state index is 0.157. The summed E-state index contributed by atoms with van der Waals surface area (Å²) in [5.41, 5.74) is 1.91. The second-order valence-corrected chi connectivity index (χ2v) is 4.80. The molecule has 0 spiro atoms. The van der Waals surface area contributed by atoms with Crippen molar-refractivity contribution in [1.29, 1.82) is 0 Å². The van der Waals surface area contributed by atoms with E-state index in [1.807, 2.05) is 17.0 Å². The number of rotatable bonds is 0. The Kier molecular flexibility index (Phi) is 2.37. The average Bonchev–Trinajstić information content (AvgIpc) is 2.29. The molecule has 2 heterocycles. The molecule has 1 aromatic carbocycles. The first-order valence-corrected chi connectivity index (χ1v) is 5.93. The Morgan fingerprint density at radius 3 is 3.19 bits per heavy atom. The molecule has 84 valence electrons. The van der Waals surface area contributed by atoms with Gasteiger partial charge < -0.3 is 10.2 Å². The molecule has 0 radical (unpaired) electrons. The van der Waals surface area contributed by atoms with Crippen LogP contribution in [0.2, 0.25) is 5.02 Å². The molecule has 1 atom stereocenters. The zero-order valence-electron chi connectivity index (χ0n) is 8.87. The first-order chi connectivity index (χ1) is 7.75. The Morgan fingerprint density at radius 2 is 2.31 bits per heavy atom. The number of fused-ring (bicyclic) bond motifs is 2. The highest BCUT2D eigenvalue weighted by molar-refractivity contribution is 6.30. The van der Waals surface area contributed by atoms with Crippen molar-refractivity contribution in [2.75, 3.05) is 19.6 Å². The van der Waals surface area contributed by atoms with E-state index >= 15 is 0 Å². The van der Waals surface area contributed by atoms with Crippen molar-refractivity contribution in [3.05, 3.63) is 34.3 Å². The van der Waals surface area contributed by atoms with E-state index in [2.05, 4.69) is 5.32 Å². The third-order valence-electron chi connectivity index (χ3n) is 3.36. The van der Waals surface area contributed by atoms with Gasteiger partial charge in [0.05, 0.1) is 0 Å². The number of benzene rings is 1. The van der Waals surface area contributed by atoms with E-state index in [0.717, 1.165) is 37.2 Å². The summed E-state index contributed by atoms with van der Waals surface area (Å²) in [6.45, 7) is 2.59. The zero-order valence-corrected chi connectivity index (χ0v) is 9.63. The summed E-state index contributed by atoms with van der Waals surface area (Å²) < 4.78 is 0. The Balaban J connectivity index is 2.03. The fraction of sp³-hybridized carbons (Fsp3) is 0.417. The predicted octanol–water partition coefficient (Wildman–Crippen LogP) is 1.31. The molecule has 2 aliphatic heterocycles. The summed E-state index contributed by atoms with van der Waals surface area (Å²) in [5, 5.41) is 4.03. The molecule has 1 aromatic rings. The van der Waals surface area contributed by atoms with Gasteiger partial charge in [0.25, 0.3) is 5.91 Å². The highest BCUT2D eigenvalue weighted by atomic mass is 35.5. The molecule has 0 aromatic heterocycles. The lowest BCUT2D eigenvalue weighted by Crippen LogP contribution is -2.56. The van der Waals surface area contributed by atoms with Gasteiger partial charge in [0, 0.05) is 36.3 Å². The minimum absolute atomic E-state index is 0.157. The van der Waals surface area contributed by atoms with E-state index in [4.69, 9.17) is 11.6 Å². The number of piperazine rings is 1.